The normalized spacial score (nSPS) is 12.7. The van der Waals surface area contributed by atoms with Gasteiger partial charge in [0.2, 0.25) is 0 Å². The van der Waals surface area contributed by atoms with Crippen LogP contribution in [0.25, 0.3) is 0 Å². The van der Waals surface area contributed by atoms with Gasteiger partial charge in [-0.15, -0.1) is 11.8 Å². The number of likely N-dealkylation sites (N-methyl/N-ethyl adjacent to an activating group) is 1. The highest BCUT2D eigenvalue weighted by molar-refractivity contribution is 7.98. The van der Waals surface area contributed by atoms with Crippen molar-refractivity contribution in [2.75, 3.05) is 18.7 Å². The minimum Gasteiger partial charge on any atom is -0.298 e. The summed E-state index contributed by atoms with van der Waals surface area (Å²) >= 11 is 6.03. The van der Waals surface area contributed by atoms with E-state index in [9.17, 15) is 4.79 Å². The molecule has 0 aliphatic heterocycles. The first-order valence-corrected chi connectivity index (χ1v) is 7.37. The third-order valence-corrected chi connectivity index (χ3v) is 4.05. The molecule has 2 nitrogen and oxygen atoms in total. The molecule has 0 fully saturated rings. The lowest BCUT2D eigenvalue weighted by Gasteiger charge is -2.23. The molecule has 4 heteroatoms. The Balaban J connectivity index is 2.33. The number of Topliss-reactive ketones (excluding diaryl/α,β-unsaturated/α-hetero) is 1. The molecule has 17 heavy (non-hydrogen) atoms. The van der Waals surface area contributed by atoms with Gasteiger partial charge in [0.15, 0.2) is 0 Å². The van der Waals surface area contributed by atoms with Gasteiger partial charge in [0, 0.05) is 17.4 Å². The summed E-state index contributed by atoms with van der Waals surface area (Å²) in [6.45, 7) is 1.62. The number of hydrogen-bond donors (Lipinski definition) is 1. The maximum atomic E-state index is 11.3. The third-order valence-electron chi connectivity index (χ3n) is 2.58. The molecular formula is C13H19NOS2. The number of thiol groups is 1. The molecule has 0 spiro atoms. The monoisotopic (exact) mass is 269 g/mol. The van der Waals surface area contributed by atoms with Crippen molar-refractivity contribution in [3.63, 3.8) is 0 Å². The number of carbonyl (C=O) groups is 1. The van der Waals surface area contributed by atoms with Gasteiger partial charge < -0.3 is 0 Å². The number of hydrogen-bond acceptors (Lipinski definition) is 4. The minimum atomic E-state index is -0.0680. The number of ketones is 1. The van der Waals surface area contributed by atoms with E-state index in [2.05, 4.69) is 29.7 Å². The first-order valence-electron chi connectivity index (χ1n) is 5.58. The summed E-state index contributed by atoms with van der Waals surface area (Å²) in [5, 5.41) is 0. The summed E-state index contributed by atoms with van der Waals surface area (Å²) < 4.78 is 0. The van der Waals surface area contributed by atoms with E-state index in [0.717, 1.165) is 11.6 Å². The van der Waals surface area contributed by atoms with Crippen molar-refractivity contribution in [3.05, 3.63) is 35.9 Å². The van der Waals surface area contributed by atoms with E-state index in [1.54, 1.807) is 6.92 Å². The number of nitrogens with zero attached hydrogens (tertiary/aromatic N) is 1. The van der Waals surface area contributed by atoms with Crippen molar-refractivity contribution in [1.29, 1.82) is 0 Å². The minimum absolute atomic E-state index is 0.0680. The zero-order valence-corrected chi connectivity index (χ0v) is 12.0. The van der Waals surface area contributed by atoms with Crippen LogP contribution in [0.3, 0.4) is 0 Å². The van der Waals surface area contributed by atoms with E-state index in [4.69, 9.17) is 0 Å². The molecule has 0 unspecified atom stereocenters. The van der Waals surface area contributed by atoms with Crippen LogP contribution in [0.2, 0.25) is 0 Å². The van der Waals surface area contributed by atoms with Gasteiger partial charge in [-0.2, -0.15) is 12.6 Å². The molecule has 0 bridgehead atoms. The molecular weight excluding hydrogens is 250 g/mol. The van der Waals surface area contributed by atoms with E-state index in [0.29, 0.717) is 5.75 Å². The van der Waals surface area contributed by atoms with E-state index in [1.165, 1.54) is 5.56 Å². The van der Waals surface area contributed by atoms with E-state index in [1.807, 2.05) is 37.0 Å². The molecule has 1 atom stereocenters. The Morgan fingerprint density at radius 1 is 1.41 bits per heavy atom. The molecule has 0 radical (unpaired) electrons. The Kier molecular flexibility index (Phi) is 6.70. The second-order valence-corrected chi connectivity index (χ2v) is 5.35. The largest absolute Gasteiger partial charge is 0.298 e. The highest BCUT2D eigenvalue weighted by atomic mass is 32.2. The maximum Gasteiger partial charge on any atom is 0.147 e. The Labute approximate surface area is 113 Å². The zero-order chi connectivity index (χ0) is 12.7. The van der Waals surface area contributed by atoms with Gasteiger partial charge in [-0.25, -0.2) is 0 Å². The Morgan fingerprint density at radius 2 is 2.06 bits per heavy atom. The quantitative estimate of drug-likeness (QED) is 0.607. The van der Waals surface area contributed by atoms with Crippen LogP contribution in [0, 0.1) is 0 Å². The van der Waals surface area contributed by atoms with Gasteiger partial charge in [0.05, 0.1) is 6.04 Å². The average Bonchev–Trinajstić information content (AvgIpc) is 2.30. The molecule has 0 aliphatic carbocycles. The van der Waals surface area contributed by atoms with Gasteiger partial charge >= 0.3 is 0 Å². The SMILES string of the molecule is CC(=O)[C@H](CS)N(C)CSCc1ccccc1. The molecule has 0 saturated carbocycles. The molecule has 1 aromatic carbocycles. The summed E-state index contributed by atoms with van der Waals surface area (Å²) in [5.41, 5.74) is 1.32. The molecule has 1 aromatic rings. The summed E-state index contributed by atoms with van der Waals surface area (Å²) in [6.07, 6.45) is 0. The Bertz CT molecular complexity index is 343. The van der Waals surface area contributed by atoms with Crippen molar-refractivity contribution in [3.8, 4) is 0 Å². The molecule has 0 heterocycles. The van der Waals surface area contributed by atoms with Crippen LogP contribution < -0.4 is 0 Å². The topological polar surface area (TPSA) is 20.3 Å². The fourth-order valence-electron chi connectivity index (χ4n) is 1.55. The summed E-state index contributed by atoms with van der Waals surface area (Å²) in [4.78, 5) is 13.4. The summed E-state index contributed by atoms with van der Waals surface area (Å²) in [7, 11) is 1.97. The zero-order valence-electron chi connectivity index (χ0n) is 10.3. The van der Waals surface area contributed by atoms with Gasteiger partial charge in [-0.1, -0.05) is 30.3 Å². The van der Waals surface area contributed by atoms with Gasteiger partial charge in [0.1, 0.15) is 5.78 Å². The molecule has 0 N–H and O–H groups in total. The smallest absolute Gasteiger partial charge is 0.147 e. The average molecular weight is 269 g/mol. The van der Waals surface area contributed by atoms with Crippen LogP contribution in [-0.2, 0) is 10.5 Å². The van der Waals surface area contributed by atoms with Crippen molar-refractivity contribution in [2.45, 2.75) is 18.7 Å². The van der Waals surface area contributed by atoms with Crippen LogP contribution in [0.15, 0.2) is 30.3 Å². The fourth-order valence-corrected chi connectivity index (χ4v) is 3.07. The predicted octanol–water partition coefficient (Wildman–Crippen LogP) is 2.70. The van der Waals surface area contributed by atoms with Crippen molar-refractivity contribution >= 4 is 30.2 Å². The predicted molar refractivity (Wildman–Crippen MR) is 78.7 cm³/mol. The molecule has 1 rings (SSSR count). The van der Waals surface area contributed by atoms with Crippen molar-refractivity contribution < 1.29 is 4.79 Å². The van der Waals surface area contributed by atoms with Crippen molar-refractivity contribution in [1.82, 2.24) is 4.90 Å². The lowest BCUT2D eigenvalue weighted by Crippen LogP contribution is -2.38. The number of benzene rings is 1. The molecule has 0 amide bonds. The van der Waals surface area contributed by atoms with Crippen LogP contribution in [0.5, 0.6) is 0 Å². The second kappa shape index (κ2) is 7.80. The van der Waals surface area contributed by atoms with Crippen LogP contribution in [0.1, 0.15) is 12.5 Å². The fraction of sp³-hybridized carbons (Fsp3) is 0.462. The Morgan fingerprint density at radius 3 is 2.59 bits per heavy atom. The third kappa shape index (κ3) is 5.15. The first-order chi connectivity index (χ1) is 8.15. The highest BCUT2D eigenvalue weighted by Crippen LogP contribution is 2.14. The number of thioether (sulfide) groups is 1. The molecule has 0 aliphatic rings. The second-order valence-electron chi connectivity index (χ2n) is 4.03. The van der Waals surface area contributed by atoms with E-state index >= 15 is 0 Å². The number of carbonyl (C=O) groups excluding carboxylic acids is 1. The van der Waals surface area contributed by atoms with E-state index in [-0.39, 0.29) is 11.8 Å². The van der Waals surface area contributed by atoms with Gasteiger partial charge in [-0.3, -0.25) is 9.69 Å². The highest BCUT2D eigenvalue weighted by Gasteiger charge is 2.17. The maximum absolute atomic E-state index is 11.3. The standard InChI is InChI=1S/C13H19NOS2/c1-11(15)13(8-16)14(2)10-17-9-12-6-4-3-5-7-12/h3-7,13,16H,8-10H2,1-2H3/t13-/m0/s1. The van der Waals surface area contributed by atoms with Crippen LogP contribution >= 0.6 is 24.4 Å². The van der Waals surface area contributed by atoms with Crippen LogP contribution in [0.4, 0.5) is 0 Å². The summed E-state index contributed by atoms with van der Waals surface area (Å²) in [6, 6.07) is 10.3. The molecule has 0 saturated heterocycles. The van der Waals surface area contributed by atoms with Crippen molar-refractivity contribution in [2.24, 2.45) is 0 Å². The summed E-state index contributed by atoms with van der Waals surface area (Å²) in [5.74, 6) is 2.59. The lowest BCUT2D eigenvalue weighted by atomic mass is 10.2. The van der Waals surface area contributed by atoms with E-state index < -0.39 is 0 Å². The number of rotatable bonds is 7. The Hall–Kier alpha value is -0.450. The molecule has 94 valence electrons. The first kappa shape index (κ1) is 14.6. The van der Waals surface area contributed by atoms with Gasteiger partial charge in [0.25, 0.3) is 0 Å². The van der Waals surface area contributed by atoms with Gasteiger partial charge in [-0.05, 0) is 19.5 Å². The molecule has 0 aromatic heterocycles. The lowest BCUT2D eigenvalue weighted by molar-refractivity contribution is -0.120. The van der Waals surface area contributed by atoms with Crippen LogP contribution in [-0.4, -0.2) is 35.4 Å².